The van der Waals surface area contributed by atoms with E-state index in [4.69, 9.17) is 14.7 Å². The Balaban J connectivity index is 1.87. The molecule has 0 fully saturated rings. The summed E-state index contributed by atoms with van der Waals surface area (Å²) in [6, 6.07) is 10.0. The summed E-state index contributed by atoms with van der Waals surface area (Å²) in [7, 11) is 0. The molecule has 0 heterocycles. The van der Waals surface area contributed by atoms with Crippen LogP contribution < -0.4 is 0 Å². The first-order chi connectivity index (χ1) is 8.38. The van der Waals surface area contributed by atoms with Crippen molar-refractivity contribution in [1.29, 1.82) is 5.26 Å². The van der Waals surface area contributed by atoms with Gasteiger partial charge in [0.25, 0.3) is 6.26 Å². The summed E-state index contributed by atoms with van der Waals surface area (Å²) in [5, 5.41) is 8.37. The molecule has 0 radical (unpaired) electrons. The van der Waals surface area contributed by atoms with Gasteiger partial charge in [-0.1, -0.05) is 30.3 Å². The summed E-state index contributed by atoms with van der Waals surface area (Å²) in [5.41, 5.74) is 1.15. The molecule has 0 aromatic heterocycles. The molecule has 3 heteroatoms. The molecule has 0 atom stereocenters. The first kappa shape index (κ1) is 11.3. The molecular weight excluding hydrogens is 214 g/mol. The van der Waals surface area contributed by atoms with Crippen molar-refractivity contribution in [3.8, 4) is 6.26 Å². The highest BCUT2D eigenvalue weighted by Crippen LogP contribution is 2.20. The molecule has 1 aromatic carbocycles. The molecule has 1 aromatic rings. The molecule has 0 saturated carbocycles. The number of nitrogens with zero attached hydrogens (tertiary/aromatic N) is 1. The summed E-state index contributed by atoms with van der Waals surface area (Å²) >= 11 is 0. The molecule has 0 N–H and O–H groups in total. The van der Waals surface area contributed by atoms with E-state index in [0.717, 1.165) is 17.7 Å². The normalized spacial score (nSPS) is 14.3. The van der Waals surface area contributed by atoms with Crippen molar-refractivity contribution in [3.63, 3.8) is 0 Å². The number of hydrogen-bond acceptors (Lipinski definition) is 3. The number of allylic oxidation sites excluding steroid dienone is 4. The number of benzene rings is 1. The maximum Gasteiger partial charge on any atom is 0.291 e. The van der Waals surface area contributed by atoms with Crippen LogP contribution >= 0.6 is 0 Å². The lowest BCUT2D eigenvalue weighted by molar-refractivity contribution is 0.184. The van der Waals surface area contributed by atoms with Crippen LogP contribution in [-0.4, -0.2) is 0 Å². The monoisotopic (exact) mass is 227 g/mol. The van der Waals surface area contributed by atoms with Gasteiger partial charge in [-0.25, -0.2) is 0 Å². The Morgan fingerprint density at radius 1 is 1.06 bits per heavy atom. The Kier molecular flexibility index (Phi) is 3.82. The van der Waals surface area contributed by atoms with Crippen LogP contribution in [0.5, 0.6) is 0 Å². The van der Waals surface area contributed by atoms with Crippen LogP contribution in [0.15, 0.2) is 54.0 Å². The third kappa shape index (κ3) is 3.39. The van der Waals surface area contributed by atoms with Crippen molar-refractivity contribution < 1.29 is 9.47 Å². The Morgan fingerprint density at radius 3 is 2.41 bits per heavy atom. The predicted molar refractivity (Wildman–Crippen MR) is 63.3 cm³/mol. The SMILES string of the molecule is N#COC1=CC=C(OCc2ccccc2)CC1. The summed E-state index contributed by atoms with van der Waals surface area (Å²) in [6.07, 6.45) is 6.81. The fourth-order valence-electron chi connectivity index (χ4n) is 1.61. The van der Waals surface area contributed by atoms with E-state index in [9.17, 15) is 0 Å². The highest BCUT2D eigenvalue weighted by Gasteiger charge is 2.08. The van der Waals surface area contributed by atoms with Gasteiger partial charge >= 0.3 is 0 Å². The zero-order valence-electron chi connectivity index (χ0n) is 9.43. The van der Waals surface area contributed by atoms with Crippen LogP contribution in [0.25, 0.3) is 0 Å². The maximum atomic E-state index is 8.37. The van der Waals surface area contributed by atoms with E-state index in [2.05, 4.69) is 0 Å². The van der Waals surface area contributed by atoms with Gasteiger partial charge in [0.2, 0.25) is 0 Å². The highest BCUT2D eigenvalue weighted by molar-refractivity contribution is 5.19. The van der Waals surface area contributed by atoms with E-state index in [0.29, 0.717) is 18.8 Å². The van der Waals surface area contributed by atoms with Gasteiger partial charge in [0, 0.05) is 12.8 Å². The fraction of sp³-hybridized carbons (Fsp3) is 0.214. The van der Waals surface area contributed by atoms with Crippen LogP contribution in [0.3, 0.4) is 0 Å². The quantitative estimate of drug-likeness (QED) is 0.741. The zero-order valence-corrected chi connectivity index (χ0v) is 9.43. The van der Waals surface area contributed by atoms with Gasteiger partial charge in [0.15, 0.2) is 0 Å². The molecule has 1 aliphatic rings. The predicted octanol–water partition coefficient (Wildman–Crippen LogP) is 3.26. The van der Waals surface area contributed by atoms with E-state index in [1.165, 1.54) is 0 Å². The smallest absolute Gasteiger partial charge is 0.291 e. The Morgan fingerprint density at radius 2 is 1.76 bits per heavy atom. The number of ether oxygens (including phenoxy) is 2. The molecule has 0 saturated heterocycles. The van der Waals surface area contributed by atoms with Crippen LogP contribution in [0, 0.1) is 11.5 Å². The molecule has 17 heavy (non-hydrogen) atoms. The van der Waals surface area contributed by atoms with Crippen LogP contribution in [0.1, 0.15) is 18.4 Å². The van der Waals surface area contributed by atoms with Crippen LogP contribution in [-0.2, 0) is 16.1 Å². The number of nitriles is 1. The number of hydrogen-bond donors (Lipinski definition) is 0. The minimum atomic E-state index is 0.578. The Labute approximate surface area is 101 Å². The molecule has 2 rings (SSSR count). The molecule has 0 unspecified atom stereocenters. The molecule has 0 aliphatic heterocycles. The lowest BCUT2D eigenvalue weighted by Gasteiger charge is -2.13. The summed E-state index contributed by atoms with van der Waals surface area (Å²) in [4.78, 5) is 0. The first-order valence-corrected chi connectivity index (χ1v) is 5.51. The Bertz CT molecular complexity index is 469. The minimum Gasteiger partial charge on any atom is -0.493 e. The average molecular weight is 227 g/mol. The van der Waals surface area contributed by atoms with Crippen LogP contribution in [0.4, 0.5) is 0 Å². The second-order valence-corrected chi connectivity index (χ2v) is 3.73. The minimum absolute atomic E-state index is 0.578. The van der Waals surface area contributed by atoms with Gasteiger partial charge in [-0.3, -0.25) is 0 Å². The molecular formula is C14H13NO2. The summed E-state index contributed by atoms with van der Waals surface area (Å²) in [6.45, 7) is 0.578. The van der Waals surface area contributed by atoms with E-state index in [1.54, 1.807) is 12.3 Å². The summed E-state index contributed by atoms with van der Waals surface area (Å²) < 4.78 is 10.4. The molecule has 3 nitrogen and oxygen atoms in total. The number of rotatable bonds is 4. The van der Waals surface area contributed by atoms with Crippen molar-refractivity contribution in [3.05, 3.63) is 59.6 Å². The molecule has 0 spiro atoms. The van der Waals surface area contributed by atoms with E-state index in [-0.39, 0.29) is 0 Å². The average Bonchev–Trinajstić information content (AvgIpc) is 2.40. The van der Waals surface area contributed by atoms with E-state index in [1.807, 2.05) is 36.4 Å². The molecule has 1 aliphatic carbocycles. The lowest BCUT2D eigenvalue weighted by Crippen LogP contribution is -1.99. The zero-order chi connectivity index (χ0) is 11.9. The first-order valence-electron chi connectivity index (χ1n) is 5.51. The molecule has 86 valence electrons. The maximum absolute atomic E-state index is 8.37. The molecule has 0 amide bonds. The third-order valence-corrected chi connectivity index (χ3v) is 2.52. The van der Waals surface area contributed by atoms with Gasteiger partial charge < -0.3 is 9.47 Å². The van der Waals surface area contributed by atoms with Gasteiger partial charge in [-0.2, -0.15) is 0 Å². The summed E-state index contributed by atoms with van der Waals surface area (Å²) in [5.74, 6) is 1.62. The van der Waals surface area contributed by atoms with Gasteiger partial charge in [-0.15, -0.1) is 5.26 Å². The van der Waals surface area contributed by atoms with Crippen molar-refractivity contribution in [2.75, 3.05) is 0 Å². The topological polar surface area (TPSA) is 42.2 Å². The van der Waals surface area contributed by atoms with E-state index >= 15 is 0 Å². The fourth-order valence-corrected chi connectivity index (χ4v) is 1.61. The second kappa shape index (κ2) is 5.76. The third-order valence-electron chi connectivity index (χ3n) is 2.52. The van der Waals surface area contributed by atoms with Crippen molar-refractivity contribution in [2.45, 2.75) is 19.4 Å². The van der Waals surface area contributed by atoms with Crippen molar-refractivity contribution in [2.24, 2.45) is 0 Å². The van der Waals surface area contributed by atoms with Gasteiger partial charge in [-0.05, 0) is 17.7 Å². The van der Waals surface area contributed by atoms with Crippen LogP contribution in [0.2, 0.25) is 0 Å². The Hall–Kier alpha value is -2.21. The van der Waals surface area contributed by atoms with E-state index < -0.39 is 0 Å². The molecule has 0 bridgehead atoms. The largest absolute Gasteiger partial charge is 0.493 e. The van der Waals surface area contributed by atoms with Crippen molar-refractivity contribution >= 4 is 0 Å². The highest BCUT2D eigenvalue weighted by atomic mass is 16.5. The van der Waals surface area contributed by atoms with Gasteiger partial charge in [0.1, 0.15) is 12.4 Å². The van der Waals surface area contributed by atoms with Crippen molar-refractivity contribution in [1.82, 2.24) is 0 Å². The standard InChI is InChI=1S/C14H13NO2/c15-11-17-14-8-6-13(7-9-14)16-10-12-4-2-1-3-5-12/h1-6,8H,7,9-10H2. The second-order valence-electron chi connectivity index (χ2n) is 3.73. The lowest BCUT2D eigenvalue weighted by atomic mass is 10.1. The van der Waals surface area contributed by atoms with Gasteiger partial charge in [0.05, 0.1) is 5.76 Å².